The summed E-state index contributed by atoms with van der Waals surface area (Å²) in [7, 11) is -2.97. The van der Waals surface area contributed by atoms with Crippen LogP contribution in [-0.4, -0.2) is 31.6 Å². The Morgan fingerprint density at radius 1 is 1.25 bits per heavy atom. The number of hydrogen-bond acceptors (Lipinski definition) is 2. The van der Waals surface area contributed by atoms with Gasteiger partial charge in [-0.2, -0.15) is 4.31 Å². The van der Waals surface area contributed by atoms with E-state index in [0.29, 0.717) is 12.5 Å². The molecule has 0 aromatic heterocycles. The molecule has 1 aliphatic heterocycles. The fraction of sp³-hybridized carbons (Fsp3) is 1.00. The van der Waals surface area contributed by atoms with Crippen LogP contribution in [0, 0.1) is 5.92 Å². The van der Waals surface area contributed by atoms with Gasteiger partial charge in [0.25, 0.3) is 0 Å². The molecule has 1 rings (SSSR count). The molecule has 2 atom stereocenters. The quantitative estimate of drug-likeness (QED) is 0.621. The molecule has 1 heterocycles. The molecule has 4 heteroatoms. The van der Waals surface area contributed by atoms with E-state index >= 15 is 0 Å². The summed E-state index contributed by atoms with van der Waals surface area (Å²) in [6, 6.07) is 0.191. The molecule has 1 aliphatic rings. The van der Waals surface area contributed by atoms with Crippen LogP contribution in [0.4, 0.5) is 0 Å². The van der Waals surface area contributed by atoms with Gasteiger partial charge in [-0.15, -0.1) is 0 Å². The van der Waals surface area contributed by atoms with Crippen molar-refractivity contribution in [2.24, 2.45) is 5.92 Å². The van der Waals surface area contributed by atoms with Gasteiger partial charge in [-0.3, -0.25) is 0 Å². The minimum atomic E-state index is -2.97. The number of sulfonamides is 1. The van der Waals surface area contributed by atoms with Crippen molar-refractivity contribution in [1.82, 2.24) is 4.31 Å². The fourth-order valence-corrected chi connectivity index (χ4v) is 2.99. The highest BCUT2D eigenvalue weighted by atomic mass is 32.2. The van der Waals surface area contributed by atoms with Gasteiger partial charge in [-0.1, -0.05) is 6.92 Å². The van der Waals surface area contributed by atoms with Crippen molar-refractivity contribution in [3.05, 3.63) is 0 Å². The van der Waals surface area contributed by atoms with E-state index in [0.717, 1.165) is 12.8 Å². The van der Waals surface area contributed by atoms with Crippen molar-refractivity contribution in [3.8, 4) is 0 Å². The fourth-order valence-electron chi connectivity index (χ4n) is 1.71. The van der Waals surface area contributed by atoms with Crippen LogP contribution in [0.5, 0.6) is 0 Å². The number of piperidine rings is 1. The van der Waals surface area contributed by atoms with Crippen LogP contribution in [0.1, 0.15) is 26.7 Å². The zero-order chi connectivity index (χ0) is 9.35. The maximum atomic E-state index is 11.3. The molecule has 12 heavy (non-hydrogen) atoms. The van der Waals surface area contributed by atoms with Gasteiger partial charge in [0.2, 0.25) is 10.0 Å². The van der Waals surface area contributed by atoms with Crippen LogP contribution >= 0.6 is 0 Å². The van der Waals surface area contributed by atoms with Gasteiger partial charge in [0.1, 0.15) is 0 Å². The summed E-state index contributed by atoms with van der Waals surface area (Å²) in [5.41, 5.74) is 0. The highest BCUT2D eigenvalue weighted by molar-refractivity contribution is 7.88. The van der Waals surface area contributed by atoms with E-state index in [1.807, 2.05) is 6.92 Å². The molecule has 0 amide bonds. The Morgan fingerprint density at radius 3 is 2.25 bits per heavy atom. The molecule has 0 bridgehead atoms. The predicted octanol–water partition coefficient (Wildman–Crippen LogP) is 1.07. The van der Waals surface area contributed by atoms with E-state index in [9.17, 15) is 8.42 Å². The van der Waals surface area contributed by atoms with E-state index in [1.165, 1.54) is 6.26 Å². The van der Waals surface area contributed by atoms with E-state index in [1.54, 1.807) is 4.31 Å². The van der Waals surface area contributed by atoms with Gasteiger partial charge in [0.05, 0.1) is 6.26 Å². The van der Waals surface area contributed by atoms with Gasteiger partial charge in [-0.05, 0) is 25.7 Å². The lowest BCUT2D eigenvalue weighted by Crippen LogP contribution is -2.44. The van der Waals surface area contributed by atoms with Crippen LogP contribution in [0.15, 0.2) is 0 Å². The normalized spacial score (nSPS) is 33.6. The first-order valence-electron chi connectivity index (χ1n) is 4.38. The highest BCUT2D eigenvalue weighted by Gasteiger charge is 2.28. The SMILES string of the molecule is CC1CCC(C)N(S(C)(=O)=O)C1. The van der Waals surface area contributed by atoms with E-state index in [4.69, 9.17) is 0 Å². The molecule has 0 aromatic carbocycles. The lowest BCUT2D eigenvalue weighted by Gasteiger charge is -2.34. The van der Waals surface area contributed by atoms with Crippen LogP contribution in [0.3, 0.4) is 0 Å². The van der Waals surface area contributed by atoms with E-state index in [2.05, 4.69) is 6.92 Å². The minimum Gasteiger partial charge on any atom is -0.212 e. The molecule has 1 saturated heterocycles. The Balaban J connectivity index is 2.74. The van der Waals surface area contributed by atoms with Crippen LogP contribution in [0.2, 0.25) is 0 Å². The van der Waals surface area contributed by atoms with Crippen LogP contribution in [-0.2, 0) is 10.0 Å². The summed E-state index contributed by atoms with van der Waals surface area (Å²) in [6.07, 6.45) is 3.43. The van der Waals surface area contributed by atoms with Gasteiger partial charge in [-0.25, -0.2) is 8.42 Å². The first kappa shape index (κ1) is 9.99. The van der Waals surface area contributed by atoms with Crippen molar-refractivity contribution < 1.29 is 8.42 Å². The molecule has 1 fully saturated rings. The molecule has 2 unspecified atom stereocenters. The van der Waals surface area contributed by atoms with Gasteiger partial charge in [0, 0.05) is 12.6 Å². The topological polar surface area (TPSA) is 37.4 Å². The number of nitrogens with zero attached hydrogens (tertiary/aromatic N) is 1. The summed E-state index contributed by atoms with van der Waals surface area (Å²) < 4.78 is 24.1. The predicted molar refractivity (Wildman–Crippen MR) is 49.4 cm³/mol. The average Bonchev–Trinajstić information content (AvgIpc) is 1.92. The maximum absolute atomic E-state index is 11.3. The summed E-state index contributed by atoms with van der Waals surface area (Å²) in [5, 5.41) is 0. The molecule has 0 radical (unpaired) electrons. The third-order valence-corrected chi connectivity index (χ3v) is 3.85. The Hall–Kier alpha value is -0.0900. The second-order valence-corrected chi connectivity index (χ2v) is 5.80. The molecule has 0 aromatic rings. The summed E-state index contributed by atoms with van der Waals surface area (Å²) in [5.74, 6) is 0.510. The average molecular weight is 191 g/mol. The zero-order valence-corrected chi connectivity index (χ0v) is 8.76. The Labute approximate surface area is 74.8 Å². The molecule has 72 valence electrons. The lowest BCUT2D eigenvalue weighted by molar-refractivity contribution is 0.219. The summed E-state index contributed by atoms with van der Waals surface area (Å²) >= 11 is 0. The number of rotatable bonds is 1. The second kappa shape index (κ2) is 3.34. The van der Waals surface area contributed by atoms with Crippen molar-refractivity contribution in [3.63, 3.8) is 0 Å². The van der Waals surface area contributed by atoms with Crippen molar-refractivity contribution in [2.75, 3.05) is 12.8 Å². The van der Waals surface area contributed by atoms with Gasteiger partial charge < -0.3 is 0 Å². The molecule has 0 N–H and O–H groups in total. The standard InChI is InChI=1S/C8H17NO2S/c1-7-4-5-8(2)9(6-7)12(3,10)11/h7-8H,4-6H2,1-3H3. The van der Waals surface area contributed by atoms with Gasteiger partial charge in [0.15, 0.2) is 0 Å². The Kier molecular flexibility index (Phi) is 2.78. The first-order valence-corrected chi connectivity index (χ1v) is 6.23. The summed E-state index contributed by atoms with van der Waals surface area (Å²) in [4.78, 5) is 0. The van der Waals surface area contributed by atoms with Crippen molar-refractivity contribution in [1.29, 1.82) is 0 Å². The molecule has 0 aliphatic carbocycles. The Bertz CT molecular complexity index is 248. The third-order valence-electron chi connectivity index (χ3n) is 2.49. The molecular weight excluding hydrogens is 174 g/mol. The van der Waals surface area contributed by atoms with Crippen molar-refractivity contribution in [2.45, 2.75) is 32.7 Å². The molecular formula is C8H17NO2S. The molecule has 0 saturated carbocycles. The minimum absolute atomic E-state index is 0.191. The monoisotopic (exact) mass is 191 g/mol. The molecule has 0 spiro atoms. The first-order chi connectivity index (χ1) is 5.41. The smallest absolute Gasteiger partial charge is 0.211 e. The largest absolute Gasteiger partial charge is 0.212 e. The van der Waals surface area contributed by atoms with E-state index in [-0.39, 0.29) is 6.04 Å². The highest BCUT2D eigenvalue weighted by Crippen LogP contribution is 2.23. The van der Waals surface area contributed by atoms with Crippen LogP contribution < -0.4 is 0 Å². The van der Waals surface area contributed by atoms with Gasteiger partial charge >= 0.3 is 0 Å². The maximum Gasteiger partial charge on any atom is 0.211 e. The Morgan fingerprint density at radius 2 is 1.83 bits per heavy atom. The molecule has 3 nitrogen and oxygen atoms in total. The third kappa shape index (κ3) is 2.20. The zero-order valence-electron chi connectivity index (χ0n) is 7.95. The number of hydrogen-bond donors (Lipinski definition) is 0. The lowest BCUT2D eigenvalue weighted by atomic mass is 9.97. The second-order valence-electron chi connectivity index (χ2n) is 3.86. The van der Waals surface area contributed by atoms with Crippen molar-refractivity contribution >= 4 is 10.0 Å². The summed E-state index contributed by atoms with van der Waals surface area (Å²) in [6.45, 7) is 4.77. The van der Waals surface area contributed by atoms with E-state index < -0.39 is 10.0 Å². The van der Waals surface area contributed by atoms with Crippen LogP contribution in [0.25, 0.3) is 0 Å².